The summed E-state index contributed by atoms with van der Waals surface area (Å²) in [6, 6.07) is 17.8. The SMILES string of the molecule is CC[C@@H](C)NC(=O)[C@H](C)N(Cc1cccc(Br)c1)C(=O)CN(c1ccc(Cl)cc1C)S(=O)(=O)c1ccc(C)cc1. The molecule has 0 aliphatic heterocycles. The van der Waals surface area contributed by atoms with Crippen molar-refractivity contribution in [3.8, 4) is 0 Å². The van der Waals surface area contributed by atoms with Crippen LogP contribution in [0.5, 0.6) is 0 Å². The van der Waals surface area contributed by atoms with Crippen LogP contribution in [0.2, 0.25) is 5.02 Å². The molecule has 2 atom stereocenters. The zero-order valence-electron chi connectivity index (χ0n) is 23.3. The van der Waals surface area contributed by atoms with Crippen LogP contribution in [-0.2, 0) is 26.2 Å². The summed E-state index contributed by atoms with van der Waals surface area (Å²) in [5.74, 6) is -0.829. The minimum atomic E-state index is -4.15. The third-order valence-corrected chi connectivity index (χ3v) is 9.23. The van der Waals surface area contributed by atoms with Gasteiger partial charge in [-0.15, -0.1) is 0 Å². The fourth-order valence-corrected chi connectivity index (χ4v) is 6.28. The first-order valence-electron chi connectivity index (χ1n) is 13.0. The number of rotatable bonds is 11. The molecule has 0 bridgehead atoms. The van der Waals surface area contributed by atoms with E-state index in [1.807, 2.05) is 45.0 Å². The Morgan fingerprint density at radius 3 is 2.27 bits per heavy atom. The molecular weight excluding hydrogens is 614 g/mol. The molecular formula is C30H35BrClN3O4S. The van der Waals surface area contributed by atoms with Crippen LogP contribution in [0.15, 0.2) is 76.1 Å². The molecule has 3 aromatic rings. The first-order chi connectivity index (χ1) is 18.8. The molecule has 40 heavy (non-hydrogen) atoms. The molecule has 0 fully saturated rings. The van der Waals surface area contributed by atoms with Crippen molar-refractivity contribution in [3.63, 3.8) is 0 Å². The van der Waals surface area contributed by atoms with E-state index in [4.69, 9.17) is 11.6 Å². The van der Waals surface area contributed by atoms with Crippen molar-refractivity contribution in [1.82, 2.24) is 10.2 Å². The van der Waals surface area contributed by atoms with E-state index < -0.39 is 28.5 Å². The molecule has 0 unspecified atom stereocenters. The van der Waals surface area contributed by atoms with Crippen LogP contribution in [0.4, 0.5) is 5.69 Å². The zero-order valence-corrected chi connectivity index (χ0v) is 26.5. The van der Waals surface area contributed by atoms with Crippen molar-refractivity contribution in [2.75, 3.05) is 10.8 Å². The largest absolute Gasteiger partial charge is 0.352 e. The van der Waals surface area contributed by atoms with Crippen molar-refractivity contribution in [2.24, 2.45) is 0 Å². The highest BCUT2D eigenvalue weighted by Crippen LogP contribution is 2.29. The summed E-state index contributed by atoms with van der Waals surface area (Å²) in [5, 5.41) is 3.39. The molecule has 0 saturated heterocycles. The maximum absolute atomic E-state index is 14.0. The predicted octanol–water partition coefficient (Wildman–Crippen LogP) is 6.25. The van der Waals surface area contributed by atoms with Gasteiger partial charge in [0.1, 0.15) is 12.6 Å². The molecule has 0 aromatic heterocycles. The Hall–Kier alpha value is -2.88. The number of carbonyl (C=O) groups excluding carboxylic acids is 2. The number of aryl methyl sites for hydroxylation is 2. The van der Waals surface area contributed by atoms with Crippen molar-refractivity contribution in [2.45, 2.75) is 64.6 Å². The molecule has 3 rings (SSSR count). The van der Waals surface area contributed by atoms with Gasteiger partial charge in [-0.2, -0.15) is 0 Å². The second kappa shape index (κ2) is 13.7. The highest BCUT2D eigenvalue weighted by atomic mass is 79.9. The van der Waals surface area contributed by atoms with E-state index in [2.05, 4.69) is 21.2 Å². The highest BCUT2D eigenvalue weighted by Gasteiger charge is 2.33. The van der Waals surface area contributed by atoms with Crippen LogP contribution in [0.25, 0.3) is 0 Å². The van der Waals surface area contributed by atoms with E-state index >= 15 is 0 Å². The van der Waals surface area contributed by atoms with Crippen molar-refractivity contribution in [1.29, 1.82) is 0 Å². The van der Waals surface area contributed by atoms with Gasteiger partial charge in [0.2, 0.25) is 11.8 Å². The number of hydrogen-bond acceptors (Lipinski definition) is 4. The second-order valence-corrected chi connectivity index (χ2v) is 13.1. The number of hydrogen-bond donors (Lipinski definition) is 1. The Morgan fingerprint density at radius 1 is 1.00 bits per heavy atom. The first-order valence-corrected chi connectivity index (χ1v) is 15.6. The van der Waals surface area contributed by atoms with E-state index in [1.54, 1.807) is 44.2 Å². The van der Waals surface area contributed by atoms with E-state index in [0.29, 0.717) is 16.3 Å². The summed E-state index contributed by atoms with van der Waals surface area (Å²) in [6.07, 6.45) is 0.733. The van der Waals surface area contributed by atoms with Crippen LogP contribution in [0.3, 0.4) is 0 Å². The van der Waals surface area contributed by atoms with Crippen LogP contribution < -0.4 is 9.62 Å². The van der Waals surface area contributed by atoms with Gasteiger partial charge in [-0.1, -0.05) is 64.3 Å². The molecule has 214 valence electrons. The lowest BCUT2D eigenvalue weighted by Crippen LogP contribution is -2.52. The van der Waals surface area contributed by atoms with Crippen LogP contribution in [0, 0.1) is 13.8 Å². The van der Waals surface area contributed by atoms with Crippen LogP contribution >= 0.6 is 27.5 Å². The number of halogens is 2. The lowest BCUT2D eigenvalue weighted by atomic mass is 10.1. The van der Waals surface area contributed by atoms with E-state index in [9.17, 15) is 18.0 Å². The van der Waals surface area contributed by atoms with E-state index in [-0.39, 0.29) is 23.4 Å². The molecule has 0 aliphatic rings. The van der Waals surface area contributed by atoms with Crippen LogP contribution in [0.1, 0.15) is 43.9 Å². The minimum absolute atomic E-state index is 0.0568. The quantitative estimate of drug-likeness (QED) is 0.267. The van der Waals surface area contributed by atoms with Gasteiger partial charge in [-0.25, -0.2) is 8.42 Å². The van der Waals surface area contributed by atoms with Gasteiger partial charge in [-0.3, -0.25) is 13.9 Å². The standard InChI is InChI=1S/C30H35BrClN3O4S/c1-6-22(4)33-30(37)23(5)34(18-24-8-7-9-25(31)17-24)29(36)19-35(28-15-12-26(32)16-21(28)3)40(38,39)27-13-10-20(2)11-14-27/h7-17,22-23H,6,18-19H2,1-5H3,(H,33,37)/t22-,23+/m1/s1. The maximum atomic E-state index is 14.0. The first kappa shape index (κ1) is 31.6. The smallest absolute Gasteiger partial charge is 0.264 e. The normalized spacial score (nSPS) is 12.9. The highest BCUT2D eigenvalue weighted by molar-refractivity contribution is 9.10. The van der Waals surface area contributed by atoms with Gasteiger partial charge in [0, 0.05) is 22.1 Å². The van der Waals surface area contributed by atoms with Crippen molar-refractivity contribution >= 4 is 55.1 Å². The molecule has 0 heterocycles. The third-order valence-electron chi connectivity index (χ3n) is 6.73. The van der Waals surface area contributed by atoms with Gasteiger partial charge in [-0.05, 0) is 87.7 Å². The van der Waals surface area contributed by atoms with E-state index in [1.165, 1.54) is 17.0 Å². The number of nitrogens with one attached hydrogen (secondary N) is 1. The summed E-state index contributed by atoms with van der Waals surface area (Å²) in [5.41, 5.74) is 2.63. The average molecular weight is 649 g/mol. The van der Waals surface area contributed by atoms with Crippen LogP contribution in [-0.4, -0.2) is 43.8 Å². The lowest BCUT2D eigenvalue weighted by molar-refractivity contribution is -0.139. The van der Waals surface area contributed by atoms with Gasteiger partial charge in [0.15, 0.2) is 0 Å². The fraction of sp³-hybridized carbons (Fsp3) is 0.333. The van der Waals surface area contributed by atoms with Crippen molar-refractivity contribution in [3.05, 3.63) is 92.9 Å². The Morgan fingerprint density at radius 2 is 1.68 bits per heavy atom. The van der Waals surface area contributed by atoms with Crippen molar-refractivity contribution < 1.29 is 18.0 Å². The predicted molar refractivity (Wildman–Crippen MR) is 164 cm³/mol. The summed E-state index contributed by atoms with van der Waals surface area (Å²) in [7, 11) is -4.15. The molecule has 0 aliphatic carbocycles. The van der Waals surface area contributed by atoms with E-state index in [0.717, 1.165) is 26.3 Å². The zero-order chi connectivity index (χ0) is 29.6. The molecule has 7 nitrogen and oxygen atoms in total. The average Bonchev–Trinajstić information content (AvgIpc) is 2.90. The van der Waals surface area contributed by atoms with Gasteiger partial charge in [0.25, 0.3) is 10.0 Å². The summed E-state index contributed by atoms with van der Waals surface area (Å²) in [6.45, 7) is 8.73. The topological polar surface area (TPSA) is 86.8 Å². The number of sulfonamides is 1. The Labute approximate surface area is 250 Å². The number of carbonyl (C=O) groups is 2. The lowest BCUT2D eigenvalue weighted by Gasteiger charge is -2.33. The number of nitrogens with zero attached hydrogens (tertiary/aromatic N) is 2. The van der Waals surface area contributed by atoms with Gasteiger partial charge in [0.05, 0.1) is 10.6 Å². The number of anilines is 1. The molecule has 0 spiro atoms. The Bertz CT molecular complexity index is 1460. The maximum Gasteiger partial charge on any atom is 0.264 e. The fourth-order valence-electron chi connectivity index (χ4n) is 4.13. The molecule has 3 aromatic carbocycles. The minimum Gasteiger partial charge on any atom is -0.352 e. The molecule has 0 radical (unpaired) electrons. The van der Waals surface area contributed by atoms with Gasteiger partial charge < -0.3 is 10.2 Å². The Kier molecular flexibility index (Phi) is 10.8. The summed E-state index contributed by atoms with van der Waals surface area (Å²) >= 11 is 9.63. The number of amides is 2. The third kappa shape index (κ3) is 7.86. The molecule has 10 heteroatoms. The summed E-state index contributed by atoms with van der Waals surface area (Å²) < 4.78 is 29.9. The molecule has 1 N–H and O–H groups in total. The Balaban J connectivity index is 2.06. The summed E-state index contributed by atoms with van der Waals surface area (Å²) in [4.78, 5) is 28.7. The number of benzene rings is 3. The van der Waals surface area contributed by atoms with Gasteiger partial charge >= 0.3 is 0 Å². The monoisotopic (exact) mass is 647 g/mol. The molecule has 0 saturated carbocycles. The second-order valence-electron chi connectivity index (χ2n) is 9.90. The molecule has 2 amide bonds.